The molecule has 0 N–H and O–H groups in total. The van der Waals surface area contributed by atoms with Crippen LogP contribution in [0.2, 0.25) is 0 Å². The van der Waals surface area contributed by atoms with Gasteiger partial charge in [0.2, 0.25) is 0 Å². The molecule has 64 valence electrons. The number of carbonyl (C=O) groups is 1. The Morgan fingerprint density at radius 2 is 2.18 bits per heavy atom. The van der Waals surface area contributed by atoms with Crippen LogP contribution in [0.25, 0.3) is 0 Å². The Kier molecular flexibility index (Phi) is 2.21. The topological polar surface area (TPSA) is 26.3 Å². The minimum atomic E-state index is -0.213. The normalized spacial score (nSPS) is 27.5. The second-order valence-electron chi connectivity index (χ2n) is 3.76. The molecule has 0 aromatic carbocycles. The molecule has 0 amide bonds. The van der Waals surface area contributed by atoms with E-state index < -0.39 is 0 Å². The van der Waals surface area contributed by atoms with E-state index in [2.05, 4.69) is 6.92 Å². The van der Waals surface area contributed by atoms with Crippen LogP contribution in [0.3, 0.4) is 0 Å². The lowest BCUT2D eigenvalue weighted by Gasteiger charge is -2.41. The van der Waals surface area contributed by atoms with Gasteiger partial charge in [-0.25, -0.2) is 0 Å². The minimum Gasteiger partial charge on any atom is -0.461 e. The van der Waals surface area contributed by atoms with Gasteiger partial charge in [-0.05, 0) is 20.3 Å². The summed E-state index contributed by atoms with van der Waals surface area (Å²) in [6.45, 7) is 6.06. The lowest BCUT2D eigenvalue weighted by molar-refractivity contribution is -0.201. The number of hydrogen-bond acceptors (Lipinski definition) is 2. The van der Waals surface area contributed by atoms with Crippen molar-refractivity contribution in [3.05, 3.63) is 0 Å². The molecule has 1 heterocycles. The first kappa shape index (κ1) is 8.57. The summed E-state index contributed by atoms with van der Waals surface area (Å²) < 4.78 is 5.02. The van der Waals surface area contributed by atoms with Gasteiger partial charge in [0.25, 0.3) is 0 Å². The van der Waals surface area contributed by atoms with Gasteiger partial charge in [-0.2, -0.15) is 0 Å². The number of rotatable bonds is 3. The van der Waals surface area contributed by atoms with Crippen LogP contribution in [0.1, 0.15) is 40.0 Å². The van der Waals surface area contributed by atoms with Crippen LogP contribution >= 0.6 is 0 Å². The molecular weight excluding hydrogens is 140 g/mol. The summed E-state index contributed by atoms with van der Waals surface area (Å²) >= 11 is 0. The minimum absolute atomic E-state index is 0.0430. The Bertz CT molecular complexity index is 161. The summed E-state index contributed by atoms with van der Waals surface area (Å²) in [5, 5.41) is 0. The van der Waals surface area contributed by atoms with E-state index >= 15 is 0 Å². The maximum atomic E-state index is 10.9. The van der Waals surface area contributed by atoms with Gasteiger partial charge >= 0.3 is 5.97 Å². The van der Waals surface area contributed by atoms with Crippen LogP contribution in [0.4, 0.5) is 0 Å². The maximum absolute atomic E-state index is 10.9. The summed E-state index contributed by atoms with van der Waals surface area (Å²) in [6.07, 6.45) is 3.52. The van der Waals surface area contributed by atoms with Gasteiger partial charge in [-0.3, -0.25) is 4.79 Å². The van der Waals surface area contributed by atoms with E-state index in [0.29, 0.717) is 0 Å². The lowest BCUT2D eigenvalue weighted by Crippen LogP contribution is -2.52. The van der Waals surface area contributed by atoms with Gasteiger partial charge in [-0.15, -0.1) is 0 Å². The fourth-order valence-electron chi connectivity index (χ4n) is 1.31. The van der Waals surface area contributed by atoms with Crippen molar-refractivity contribution in [1.82, 2.24) is 0 Å². The highest BCUT2D eigenvalue weighted by molar-refractivity contribution is 5.82. The van der Waals surface area contributed by atoms with Crippen LogP contribution in [-0.2, 0) is 9.53 Å². The van der Waals surface area contributed by atoms with E-state index in [1.807, 2.05) is 13.8 Å². The third kappa shape index (κ3) is 1.39. The third-order valence-electron chi connectivity index (χ3n) is 2.40. The Labute approximate surface area is 67.9 Å². The Hall–Kier alpha value is -0.530. The molecule has 2 nitrogen and oxygen atoms in total. The molecule has 1 rings (SSSR count). The molecule has 0 aliphatic carbocycles. The number of ether oxygens (including phenoxy) is 1. The molecule has 0 aromatic rings. The summed E-state index contributed by atoms with van der Waals surface area (Å²) in [4.78, 5) is 10.9. The summed E-state index contributed by atoms with van der Waals surface area (Å²) in [6, 6.07) is 0. The quantitative estimate of drug-likeness (QED) is 0.585. The van der Waals surface area contributed by atoms with Gasteiger partial charge in [-0.1, -0.05) is 19.8 Å². The maximum Gasteiger partial charge on any atom is 0.315 e. The standard InChI is InChI=1S/C9H16O2/c1-4-5-6-7-9(2,3)8(10)11-7/h7H,4-6H2,1-3H3. The second kappa shape index (κ2) is 2.84. The van der Waals surface area contributed by atoms with Crippen LogP contribution in [-0.4, -0.2) is 12.1 Å². The zero-order chi connectivity index (χ0) is 8.48. The average molecular weight is 156 g/mol. The Morgan fingerprint density at radius 3 is 2.55 bits per heavy atom. The first-order valence-corrected chi connectivity index (χ1v) is 4.30. The fourth-order valence-corrected chi connectivity index (χ4v) is 1.31. The van der Waals surface area contributed by atoms with Crippen molar-refractivity contribution >= 4 is 5.97 Å². The molecule has 1 aliphatic heterocycles. The molecule has 0 bridgehead atoms. The highest BCUT2D eigenvalue weighted by Gasteiger charge is 2.49. The van der Waals surface area contributed by atoms with E-state index in [4.69, 9.17) is 4.74 Å². The number of carbonyl (C=O) groups excluding carboxylic acids is 1. The average Bonchev–Trinajstić information content (AvgIpc) is 1.97. The molecule has 1 fully saturated rings. The van der Waals surface area contributed by atoms with E-state index in [9.17, 15) is 4.79 Å². The van der Waals surface area contributed by atoms with Crippen LogP contribution < -0.4 is 0 Å². The number of unbranched alkanes of at least 4 members (excludes halogenated alkanes) is 1. The number of hydrogen-bond donors (Lipinski definition) is 0. The number of esters is 1. The third-order valence-corrected chi connectivity index (χ3v) is 2.40. The van der Waals surface area contributed by atoms with Crippen molar-refractivity contribution < 1.29 is 9.53 Å². The molecule has 11 heavy (non-hydrogen) atoms. The van der Waals surface area contributed by atoms with Crippen molar-refractivity contribution in [2.45, 2.75) is 46.1 Å². The summed E-state index contributed by atoms with van der Waals surface area (Å²) in [7, 11) is 0. The molecule has 0 spiro atoms. The molecule has 1 aliphatic rings. The van der Waals surface area contributed by atoms with Crippen molar-refractivity contribution in [3.8, 4) is 0 Å². The van der Waals surface area contributed by atoms with Gasteiger partial charge < -0.3 is 4.74 Å². The monoisotopic (exact) mass is 156 g/mol. The molecule has 0 radical (unpaired) electrons. The van der Waals surface area contributed by atoms with Crippen molar-refractivity contribution in [2.24, 2.45) is 5.41 Å². The SMILES string of the molecule is CCCCC1OC(=O)C1(C)C. The first-order chi connectivity index (χ1) is 5.09. The van der Waals surface area contributed by atoms with Crippen molar-refractivity contribution in [1.29, 1.82) is 0 Å². The molecule has 0 aromatic heterocycles. The smallest absolute Gasteiger partial charge is 0.315 e. The van der Waals surface area contributed by atoms with Crippen LogP contribution in [0.15, 0.2) is 0 Å². The molecule has 1 atom stereocenters. The Morgan fingerprint density at radius 1 is 1.55 bits per heavy atom. The molecule has 0 saturated carbocycles. The van der Waals surface area contributed by atoms with E-state index in [1.54, 1.807) is 0 Å². The molecule has 1 saturated heterocycles. The fraction of sp³-hybridized carbons (Fsp3) is 0.889. The lowest BCUT2D eigenvalue weighted by atomic mass is 9.79. The largest absolute Gasteiger partial charge is 0.461 e. The summed E-state index contributed by atoms with van der Waals surface area (Å²) in [5.74, 6) is -0.0430. The molecule has 2 heteroatoms. The van der Waals surface area contributed by atoms with Crippen LogP contribution in [0.5, 0.6) is 0 Å². The zero-order valence-electron chi connectivity index (χ0n) is 7.52. The zero-order valence-corrected chi connectivity index (χ0v) is 7.52. The molecule has 1 unspecified atom stereocenters. The van der Waals surface area contributed by atoms with Crippen molar-refractivity contribution in [3.63, 3.8) is 0 Å². The van der Waals surface area contributed by atoms with Gasteiger partial charge in [0.05, 0.1) is 5.41 Å². The highest BCUT2D eigenvalue weighted by Crippen LogP contribution is 2.38. The van der Waals surface area contributed by atoms with Gasteiger partial charge in [0, 0.05) is 0 Å². The van der Waals surface area contributed by atoms with Gasteiger partial charge in [0.1, 0.15) is 6.10 Å². The Balaban J connectivity index is 2.34. The second-order valence-corrected chi connectivity index (χ2v) is 3.76. The van der Waals surface area contributed by atoms with Gasteiger partial charge in [0.15, 0.2) is 0 Å². The first-order valence-electron chi connectivity index (χ1n) is 4.30. The molecular formula is C9H16O2. The van der Waals surface area contributed by atoms with Crippen LogP contribution in [0, 0.1) is 5.41 Å². The van der Waals surface area contributed by atoms with Crippen molar-refractivity contribution in [2.75, 3.05) is 0 Å². The van der Waals surface area contributed by atoms with E-state index in [1.165, 1.54) is 6.42 Å². The van der Waals surface area contributed by atoms with E-state index in [-0.39, 0.29) is 17.5 Å². The predicted molar refractivity (Wildman–Crippen MR) is 43.2 cm³/mol. The predicted octanol–water partition coefficient (Wildman–Crippen LogP) is 2.13. The summed E-state index contributed by atoms with van der Waals surface area (Å²) in [5.41, 5.74) is -0.213. The van der Waals surface area contributed by atoms with E-state index in [0.717, 1.165) is 12.8 Å². The number of cyclic esters (lactones) is 1. The highest BCUT2D eigenvalue weighted by atomic mass is 16.6.